The highest BCUT2D eigenvalue weighted by atomic mass is 32.2. The molecule has 5 heteroatoms. The lowest BCUT2D eigenvalue weighted by Crippen LogP contribution is -2.41. The SMILES string of the molecule is CCc1ccc(N2C[C@@](O)(c3ccc(F)cc3)[N+]3=C2SCCC3)cc1. The van der Waals surface area contributed by atoms with Crippen LogP contribution in [0.3, 0.4) is 0 Å². The molecule has 2 aliphatic heterocycles. The number of benzene rings is 2. The van der Waals surface area contributed by atoms with Crippen LogP contribution in [0.4, 0.5) is 10.1 Å². The van der Waals surface area contributed by atoms with Crippen molar-refractivity contribution in [2.75, 3.05) is 23.7 Å². The molecule has 0 amide bonds. The van der Waals surface area contributed by atoms with Gasteiger partial charge in [0.2, 0.25) is 0 Å². The van der Waals surface area contributed by atoms with Crippen LogP contribution in [0.5, 0.6) is 0 Å². The lowest BCUT2D eigenvalue weighted by atomic mass is 10.0. The molecule has 0 saturated heterocycles. The molecule has 3 nitrogen and oxygen atoms in total. The van der Waals surface area contributed by atoms with Crippen molar-refractivity contribution >= 4 is 22.6 Å². The molecule has 1 N–H and O–H groups in total. The summed E-state index contributed by atoms with van der Waals surface area (Å²) >= 11 is 1.78. The van der Waals surface area contributed by atoms with E-state index in [-0.39, 0.29) is 5.82 Å². The van der Waals surface area contributed by atoms with Crippen molar-refractivity contribution in [3.63, 3.8) is 0 Å². The lowest BCUT2D eigenvalue weighted by Gasteiger charge is -2.24. The number of nitrogens with zero attached hydrogens (tertiary/aromatic N) is 2. The largest absolute Gasteiger partial charge is 0.346 e. The van der Waals surface area contributed by atoms with E-state index in [1.807, 2.05) is 0 Å². The van der Waals surface area contributed by atoms with Gasteiger partial charge in [0, 0.05) is 11.3 Å². The van der Waals surface area contributed by atoms with E-state index < -0.39 is 5.72 Å². The second-order valence-corrected chi connectivity index (χ2v) is 7.63. The van der Waals surface area contributed by atoms with Gasteiger partial charge < -0.3 is 5.11 Å². The minimum absolute atomic E-state index is 0.283. The Balaban J connectivity index is 1.75. The van der Waals surface area contributed by atoms with Crippen LogP contribution >= 0.6 is 11.8 Å². The summed E-state index contributed by atoms with van der Waals surface area (Å²) in [5, 5.41) is 12.6. The van der Waals surface area contributed by atoms with Gasteiger partial charge >= 0.3 is 5.17 Å². The fourth-order valence-corrected chi connectivity index (χ4v) is 4.76. The number of halogens is 1. The Bertz CT molecular complexity index is 803. The Hall–Kier alpha value is -1.85. The molecule has 130 valence electrons. The zero-order valence-electron chi connectivity index (χ0n) is 14.3. The molecule has 0 spiro atoms. The third-order valence-corrected chi connectivity index (χ3v) is 6.20. The van der Waals surface area contributed by atoms with Crippen molar-refractivity contribution < 1.29 is 14.1 Å². The maximum absolute atomic E-state index is 13.3. The Morgan fingerprint density at radius 2 is 1.88 bits per heavy atom. The first kappa shape index (κ1) is 16.6. The number of hydrogen-bond acceptors (Lipinski definition) is 3. The maximum Gasteiger partial charge on any atom is 0.316 e. The predicted octanol–water partition coefficient (Wildman–Crippen LogP) is 3.56. The van der Waals surface area contributed by atoms with Crippen LogP contribution in [-0.4, -0.2) is 33.7 Å². The van der Waals surface area contributed by atoms with Crippen LogP contribution in [0.25, 0.3) is 0 Å². The van der Waals surface area contributed by atoms with Gasteiger partial charge in [-0.3, -0.25) is 0 Å². The Kier molecular flexibility index (Phi) is 4.29. The molecule has 0 saturated carbocycles. The fraction of sp³-hybridized carbons (Fsp3) is 0.350. The molecule has 2 aliphatic rings. The van der Waals surface area contributed by atoms with Gasteiger partial charge in [-0.1, -0.05) is 19.1 Å². The second-order valence-electron chi connectivity index (χ2n) is 6.57. The standard InChI is InChI=1S/C20H22FN2OS/c1-2-15-4-10-18(11-5-15)22-14-20(24,16-6-8-17(21)9-7-16)23-12-3-13-25-19(22)23/h4-11,24H,2-3,12-14H2,1H3/q+1/t20-/m1/s1. The average Bonchev–Trinajstić information content (AvgIpc) is 2.97. The number of aliphatic hydroxyl groups is 1. The molecule has 0 fully saturated rings. The van der Waals surface area contributed by atoms with Gasteiger partial charge in [0.15, 0.2) is 6.54 Å². The first-order chi connectivity index (χ1) is 12.1. The molecular formula is C20H22FN2OS+. The first-order valence-corrected chi connectivity index (χ1v) is 9.72. The van der Waals surface area contributed by atoms with Crippen molar-refractivity contribution in [2.45, 2.75) is 25.5 Å². The number of β-amino-alcohol motifs (C(OH)–C–C–N with tert-alkyl or cyclic N) is 1. The lowest BCUT2D eigenvalue weighted by molar-refractivity contribution is -0.656. The molecule has 0 bridgehead atoms. The second kappa shape index (κ2) is 6.46. The summed E-state index contributed by atoms with van der Waals surface area (Å²) < 4.78 is 15.4. The number of amidine groups is 1. The summed E-state index contributed by atoms with van der Waals surface area (Å²) in [6.07, 6.45) is 2.04. The van der Waals surface area contributed by atoms with E-state index in [9.17, 15) is 9.50 Å². The molecule has 0 aromatic heterocycles. The molecular weight excluding hydrogens is 335 g/mol. The third kappa shape index (κ3) is 2.85. The van der Waals surface area contributed by atoms with Gasteiger partial charge in [-0.25, -0.2) is 13.9 Å². The van der Waals surface area contributed by atoms with Crippen LogP contribution in [-0.2, 0) is 12.1 Å². The Morgan fingerprint density at radius 3 is 2.56 bits per heavy atom. The van der Waals surface area contributed by atoms with E-state index in [2.05, 4.69) is 40.7 Å². The van der Waals surface area contributed by atoms with E-state index in [0.717, 1.165) is 41.6 Å². The minimum atomic E-state index is -1.13. The molecule has 0 aliphatic carbocycles. The van der Waals surface area contributed by atoms with Gasteiger partial charge in [0.1, 0.15) is 11.5 Å². The Morgan fingerprint density at radius 1 is 1.16 bits per heavy atom. The topological polar surface area (TPSA) is 26.5 Å². The van der Waals surface area contributed by atoms with Crippen molar-refractivity contribution in [2.24, 2.45) is 0 Å². The van der Waals surface area contributed by atoms with E-state index in [1.54, 1.807) is 23.9 Å². The van der Waals surface area contributed by atoms with Gasteiger partial charge in [0.25, 0.3) is 5.72 Å². The highest BCUT2D eigenvalue weighted by Crippen LogP contribution is 2.37. The zero-order chi connectivity index (χ0) is 17.4. The average molecular weight is 357 g/mol. The highest BCUT2D eigenvalue weighted by molar-refractivity contribution is 8.13. The quantitative estimate of drug-likeness (QED) is 0.851. The van der Waals surface area contributed by atoms with Gasteiger partial charge in [0.05, 0.1) is 6.54 Å². The summed E-state index contributed by atoms with van der Waals surface area (Å²) in [7, 11) is 0. The molecule has 4 rings (SSSR count). The van der Waals surface area contributed by atoms with Crippen molar-refractivity contribution in [3.05, 3.63) is 65.5 Å². The van der Waals surface area contributed by atoms with Crippen LogP contribution in [0.2, 0.25) is 0 Å². The molecule has 0 unspecified atom stereocenters. The third-order valence-electron chi connectivity index (χ3n) is 5.01. The molecule has 1 atom stereocenters. The summed E-state index contributed by atoms with van der Waals surface area (Å²) in [4.78, 5) is 2.19. The Labute approximate surface area is 151 Å². The maximum atomic E-state index is 13.3. The summed E-state index contributed by atoms with van der Waals surface area (Å²) in [5.74, 6) is 0.768. The van der Waals surface area contributed by atoms with E-state index in [0.29, 0.717) is 6.54 Å². The summed E-state index contributed by atoms with van der Waals surface area (Å²) in [6.45, 7) is 3.40. The molecule has 2 heterocycles. The van der Waals surface area contributed by atoms with Crippen molar-refractivity contribution in [1.29, 1.82) is 0 Å². The molecule has 0 radical (unpaired) electrons. The van der Waals surface area contributed by atoms with Gasteiger partial charge in [-0.05, 0) is 66.6 Å². The predicted molar refractivity (Wildman–Crippen MR) is 101 cm³/mol. The zero-order valence-corrected chi connectivity index (χ0v) is 15.1. The van der Waals surface area contributed by atoms with Crippen LogP contribution < -0.4 is 4.90 Å². The van der Waals surface area contributed by atoms with E-state index in [1.165, 1.54) is 17.7 Å². The van der Waals surface area contributed by atoms with Crippen LogP contribution in [0, 0.1) is 5.82 Å². The number of hydrogen-bond donors (Lipinski definition) is 1. The fourth-order valence-electron chi connectivity index (χ4n) is 3.58. The minimum Gasteiger partial charge on any atom is -0.346 e. The molecule has 2 aromatic rings. The summed E-state index contributed by atoms with van der Waals surface area (Å²) in [6, 6.07) is 14.7. The van der Waals surface area contributed by atoms with E-state index in [4.69, 9.17) is 0 Å². The normalized spacial score (nSPS) is 23.1. The monoisotopic (exact) mass is 357 g/mol. The van der Waals surface area contributed by atoms with Gasteiger partial charge in [-0.15, -0.1) is 0 Å². The smallest absolute Gasteiger partial charge is 0.316 e. The highest BCUT2D eigenvalue weighted by Gasteiger charge is 2.53. The van der Waals surface area contributed by atoms with Crippen LogP contribution in [0.15, 0.2) is 48.5 Å². The number of rotatable bonds is 3. The van der Waals surface area contributed by atoms with Crippen LogP contribution in [0.1, 0.15) is 24.5 Å². The number of thioether (sulfide) groups is 1. The number of aryl methyl sites for hydroxylation is 1. The van der Waals surface area contributed by atoms with Gasteiger partial charge in [-0.2, -0.15) is 0 Å². The van der Waals surface area contributed by atoms with Crippen molar-refractivity contribution in [1.82, 2.24) is 0 Å². The van der Waals surface area contributed by atoms with E-state index >= 15 is 0 Å². The first-order valence-electron chi connectivity index (χ1n) is 8.74. The number of anilines is 1. The molecule has 25 heavy (non-hydrogen) atoms. The summed E-state index contributed by atoms with van der Waals surface area (Å²) in [5.41, 5.74) is 2.00. The molecule has 2 aromatic carbocycles. The van der Waals surface area contributed by atoms with Crippen molar-refractivity contribution in [3.8, 4) is 0 Å².